The summed E-state index contributed by atoms with van der Waals surface area (Å²) in [6, 6.07) is 8.20. The fourth-order valence-corrected chi connectivity index (χ4v) is 2.26. The summed E-state index contributed by atoms with van der Waals surface area (Å²) in [5, 5.41) is 0. The number of Topliss-reactive ketones (excluding diaryl/α,β-unsaturated/α-hetero) is 1. The second kappa shape index (κ2) is 5.46. The van der Waals surface area contributed by atoms with Gasteiger partial charge in [0.05, 0.1) is 0 Å². The van der Waals surface area contributed by atoms with Crippen molar-refractivity contribution >= 4 is 5.78 Å². The molecule has 1 aromatic carbocycles. The SMILES string of the molecule is Cc1ccc(C(C)C(=O)C2CCCCO2)cc1. The summed E-state index contributed by atoms with van der Waals surface area (Å²) < 4.78 is 5.56. The molecular weight excluding hydrogens is 212 g/mol. The molecule has 17 heavy (non-hydrogen) atoms. The summed E-state index contributed by atoms with van der Waals surface area (Å²) >= 11 is 0. The Labute approximate surface area is 103 Å². The third-order valence-corrected chi connectivity index (χ3v) is 3.50. The molecule has 1 aromatic rings. The number of carbonyl (C=O) groups excluding carboxylic acids is 1. The van der Waals surface area contributed by atoms with Gasteiger partial charge in [-0.15, -0.1) is 0 Å². The minimum absolute atomic E-state index is 0.0568. The summed E-state index contributed by atoms with van der Waals surface area (Å²) in [4.78, 5) is 12.3. The van der Waals surface area contributed by atoms with Crippen molar-refractivity contribution in [1.82, 2.24) is 0 Å². The van der Waals surface area contributed by atoms with Crippen molar-refractivity contribution in [3.63, 3.8) is 0 Å². The number of benzene rings is 1. The lowest BCUT2D eigenvalue weighted by Gasteiger charge is -2.24. The van der Waals surface area contributed by atoms with Crippen molar-refractivity contribution in [1.29, 1.82) is 0 Å². The van der Waals surface area contributed by atoms with E-state index >= 15 is 0 Å². The third kappa shape index (κ3) is 2.95. The number of hydrogen-bond acceptors (Lipinski definition) is 2. The Kier molecular flexibility index (Phi) is 3.95. The molecule has 2 rings (SSSR count). The van der Waals surface area contributed by atoms with Gasteiger partial charge in [0.25, 0.3) is 0 Å². The lowest BCUT2D eigenvalue weighted by molar-refractivity contribution is -0.134. The molecular formula is C15H20O2. The first kappa shape index (κ1) is 12.3. The van der Waals surface area contributed by atoms with Gasteiger partial charge >= 0.3 is 0 Å². The van der Waals surface area contributed by atoms with Crippen LogP contribution in [0, 0.1) is 6.92 Å². The van der Waals surface area contributed by atoms with Crippen LogP contribution in [0.1, 0.15) is 43.2 Å². The average molecular weight is 232 g/mol. The summed E-state index contributed by atoms with van der Waals surface area (Å²) in [5.41, 5.74) is 2.32. The van der Waals surface area contributed by atoms with Crippen LogP contribution in [0.5, 0.6) is 0 Å². The van der Waals surface area contributed by atoms with E-state index in [1.165, 1.54) is 5.56 Å². The van der Waals surface area contributed by atoms with Crippen LogP contribution in [0.3, 0.4) is 0 Å². The zero-order valence-electron chi connectivity index (χ0n) is 10.6. The highest BCUT2D eigenvalue weighted by atomic mass is 16.5. The largest absolute Gasteiger partial charge is 0.370 e. The van der Waals surface area contributed by atoms with Crippen molar-refractivity contribution in [2.24, 2.45) is 0 Å². The molecule has 0 amide bonds. The molecule has 1 heterocycles. The quantitative estimate of drug-likeness (QED) is 0.799. The molecule has 1 aliphatic heterocycles. The van der Waals surface area contributed by atoms with Gasteiger partial charge in [0.2, 0.25) is 0 Å². The molecule has 2 unspecified atom stereocenters. The van der Waals surface area contributed by atoms with Crippen LogP contribution in [0.15, 0.2) is 24.3 Å². The van der Waals surface area contributed by atoms with E-state index in [2.05, 4.69) is 19.1 Å². The van der Waals surface area contributed by atoms with E-state index in [9.17, 15) is 4.79 Å². The Bertz CT molecular complexity index is 374. The first-order valence-electron chi connectivity index (χ1n) is 6.40. The first-order valence-corrected chi connectivity index (χ1v) is 6.40. The number of carbonyl (C=O) groups is 1. The predicted octanol–water partition coefficient (Wildman–Crippen LogP) is 3.24. The Morgan fingerprint density at radius 3 is 2.59 bits per heavy atom. The number of hydrogen-bond donors (Lipinski definition) is 0. The smallest absolute Gasteiger partial charge is 0.168 e. The topological polar surface area (TPSA) is 26.3 Å². The molecule has 0 spiro atoms. The van der Waals surface area contributed by atoms with Crippen molar-refractivity contribution in [3.8, 4) is 0 Å². The molecule has 1 saturated heterocycles. The lowest BCUT2D eigenvalue weighted by Crippen LogP contribution is -2.31. The van der Waals surface area contributed by atoms with Gasteiger partial charge in [-0.1, -0.05) is 36.8 Å². The van der Waals surface area contributed by atoms with E-state index in [0.717, 1.165) is 31.4 Å². The molecule has 0 aromatic heterocycles. The van der Waals surface area contributed by atoms with Crippen molar-refractivity contribution < 1.29 is 9.53 Å². The highest BCUT2D eigenvalue weighted by Gasteiger charge is 2.27. The van der Waals surface area contributed by atoms with Crippen LogP contribution in [-0.4, -0.2) is 18.5 Å². The zero-order chi connectivity index (χ0) is 12.3. The van der Waals surface area contributed by atoms with E-state index in [0.29, 0.717) is 0 Å². The maximum absolute atomic E-state index is 12.3. The van der Waals surface area contributed by atoms with Gasteiger partial charge < -0.3 is 4.74 Å². The van der Waals surface area contributed by atoms with Gasteiger partial charge in [0, 0.05) is 12.5 Å². The molecule has 0 aliphatic carbocycles. The summed E-state index contributed by atoms with van der Waals surface area (Å²) in [6.45, 7) is 4.77. The second-order valence-electron chi connectivity index (χ2n) is 4.89. The van der Waals surface area contributed by atoms with E-state index in [-0.39, 0.29) is 17.8 Å². The number of rotatable bonds is 3. The Morgan fingerprint density at radius 1 is 1.29 bits per heavy atom. The lowest BCUT2D eigenvalue weighted by atomic mass is 9.90. The molecule has 0 N–H and O–H groups in total. The molecule has 2 heteroatoms. The summed E-state index contributed by atoms with van der Waals surface area (Å²) in [6.07, 6.45) is 2.90. The highest BCUT2D eigenvalue weighted by molar-refractivity contribution is 5.89. The maximum Gasteiger partial charge on any atom is 0.168 e. The summed E-state index contributed by atoms with van der Waals surface area (Å²) in [5.74, 6) is 0.173. The van der Waals surface area contributed by atoms with Crippen LogP contribution in [0.4, 0.5) is 0 Å². The van der Waals surface area contributed by atoms with Crippen molar-refractivity contribution in [2.45, 2.75) is 45.1 Å². The van der Waals surface area contributed by atoms with Gasteiger partial charge in [-0.25, -0.2) is 0 Å². The van der Waals surface area contributed by atoms with Crippen LogP contribution >= 0.6 is 0 Å². The Balaban J connectivity index is 2.05. The standard InChI is InChI=1S/C15H20O2/c1-11-6-8-13(9-7-11)12(2)15(16)14-5-3-4-10-17-14/h6-9,12,14H,3-5,10H2,1-2H3. The highest BCUT2D eigenvalue weighted by Crippen LogP contribution is 2.23. The third-order valence-electron chi connectivity index (χ3n) is 3.50. The molecule has 2 atom stereocenters. The number of ether oxygens (including phenoxy) is 1. The zero-order valence-corrected chi connectivity index (χ0v) is 10.6. The van der Waals surface area contributed by atoms with Crippen molar-refractivity contribution in [2.75, 3.05) is 6.61 Å². The molecule has 1 fully saturated rings. The van der Waals surface area contributed by atoms with Gasteiger partial charge in [-0.2, -0.15) is 0 Å². The first-order chi connectivity index (χ1) is 8.18. The van der Waals surface area contributed by atoms with Crippen LogP contribution in [0.2, 0.25) is 0 Å². The van der Waals surface area contributed by atoms with E-state index in [1.54, 1.807) is 0 Å². The summed E-state index contributed by atoms with van der Waals surface area (Å²) in [7, 11) is 0. The molecule has 1 aliphatic rings. The van der Waals surface area contributed by atoms with Crippen LogP contribution in [-0.2, 0) is 9.53 Å². The van der Waals surface area contributed by atoms with Gasteiger partial charge in [-0.05, 0) is 31.7 Å². The van der Waals surface area contributed by atoms with Gasteiger partial charge in [-0.3, -0.25) is 4.79 Å². The molecule has 92 valence electrons. The molecule has 0 bridgehead atoms. The van der Waals surface area contributed by atoms with Crippen LogP contribution in [0.25, 0.3) is 0 Å². The van der Waals surface area contributed by atoms with Crippen molar-refractivity contribution in [3.05, 3.63) is 35.4 Å². The molecule has 0 radical (unpaired) electrons. The fraction of sp³-hybridized carbons (Fsp3) is 0.533. The fourth-order valence-electron chi connectivity index (χ4n) is 2.26. The predicted molar refractivity (Wildman–Crippen MR) is 68.2 cm³/mol. The molecule has 2 nitrogen and oxygen atoms in total. The maximum atomic E-state index is 12.3. The number of aryl methyl sites for hydroxylation is 1. The van der Waals surface area contributed by atoms with Gasteiger partial charge in [0.1, 0.15) is 6.10 Å². The normalized spacial score (nSPS) is 22.1. The van der Waals surface area contributed by atoms with E-state index in [1.807, 2.05) is 19.1 Å². The second-order valence-corrected chi connectivity index (χ2v) is 4.89. The minimum Gasteiger partial charge on any atom is -0.370 e. The Morgan fingerprint density at radius 2 is 2.00 bits per heavy atom. The minimum atomic E-state index is -0.181. The molecule has 0 saturated carbocycles. The average Bonchev–Trinajstić information content (AvgIpc) is 2.39. The van der Waals surface area contributed by atoms with E-state index in [4.69, 9.17) is 4.74 Å². The Hall–Kier alpha value is -1.15. The number of ketones is 1. The monoisotopic (exact) mass is 232 g/mol. The van der Waals surface area contributed by atoms with Gasteiger partial charge in [0.15, 0.2) is 5.78 Å². The van der Waals surface area contributed by atoms with E-state index < -0.39 is 0 Å². The van der Waals surface area contributed by atoms with Crippen LogP contribution < -0.4 is 0 Å².